The summed E-state index contributed by atoms with van der Waals surface area (Å²) in [6.07, 6.45) is 10.9. The van der Waals surface area contributed by atoms with Crippen LogP contribution in [0.15, 0.2) is 62.0 Å². The number of fused-ring (bicyclic) bond motifs is 1. The maximum absolute atomic E-state index is 4.24. The van der Waals surface area contributed by atoms with Crippen LogP contribution in [0.4, 0.5) is 0 Å². The molecule has 0 fully saturated rings. The van der Waals surface area contributed by atoms with Crippen molar-refractivity contribution in [1.29, 1.82) is 0 Å². The van der Waals surface area contributed by atoms with Crippen LogP contribution in [0.2, 0.25) is 0 Å². The van der Waals surface area contributed by atoms with Crippen LogP contribution in [0, 0.1) is 0 Å². The largest absolute Gasteiger partial charge is 0.265 e. The van der Waals surface area contributed by atoms with Crippen LogP contribution in [0.3, 0.4) is 0 Å². The summed E-state index contributed by atoms with van der Waals surface area (Å²) in [6.45, 7) is 8.41. The van der Waals surface area contributed by atoms with Crippen molar-refractivity contribution < 1.29 is 0 Å². The maximum Gasteiger partial charge on any atom is 0.0273 e. The van der Waals surface area contributed by atoms with Gasteiger partial charge in [0.15, 0.2) is 0 Å². The van der Waals surface area contributed by atoms with Gasteiger partial charge in [0, 0.05) is 12.4 Å². The Labute approximate surface area is 126 Å². The normalized spacial score (nSPS) is 12.2. The molecule has 0 bridgehead atoms. The lowest BCUT2D eigenvalue weighted by Gasteiger charge is -2.10. The molecule has 1 heterocycles. The molecule has 1 heteroatoms. The highest BCUT2D eigenvalue weighted by molar-refractivity contribution is 5.72. The molecule has 0 saturated heterocycles. The molecule has 3 rings (SSSR count). The zero-order valence-electron chi connectivity index (χ0n) is 12.2. The van der Waals surface area contributed by atoms with E-state index in [4.69, 9.17) is 0 Å². The summed E-state index contributed by atoms with van der Waals surface area (Å²) in [5, 5.41) is 0. The zero-order valence-corrected chi connectivity index (χ0v) is 12.2. The van der Waals surface area contributed by atoms with E-state index in [1.54, 1.807) is 0 Å². The molecule has 0 spiro atoms. The first-order chi connectivity index (χ1) is 10.2. The van der Waals surface area contributed by atoms with Gasteiger partial charge in [-0.3, -0.25) is 4.98 Å². The Morgan fingerprint density at radius 3 is 2.43 bits per heavy atom. The molecule has 0 aliphatic heterocycles. The van der Waals surface area contributed by atoms with Crippen molar-refractivity contribution in [3.05, 3.63) is 84.2 Å². The Balaban J connectivity index is 1.64. The van der Waals surface area contributed by atoms with Gasteiger partial charge in [0.1, 0.15) is 0 Å². The second-order valence-electron chi connectivity index (χ2n) is 5.46. The van der Waals surface area contributed by atoms with Gasteiger partial charge in [0.25, 0.3) is 0 Å². The van der Waals surface area contributed by atoms with Crippen molar-refractivity contribution in [2.75, 3.05) is 0 Å². The Hall–Kier alpha value is -2.41. The van der Waals surface area contributed by atoms with Crippen LogP contribution in [-0.4, -0.2) is 4.98 Å². The first-order valence-electron chi connectivity index (χ1n) is 7.30. The van der Waals surface area contributed by atoms with Crippen molar-refractivity contribution in [3.8, 4) is 0 Å². The highest BCUT2D eigenvalue weighted by atomic mass is 14.6. The summed E-state index contributed by atoms with van der Waals surface area (Å²) in [4.78, 5) is 4.04. The highest BCUT2D eigenvalue weighted by Gasteiger charge is 2.08. The predicted octanol–water partition coefficient (Wildman–Crippen LogP) is 5.16. The lowest BCUT2D eigenvalue weighted by atomic mass is 9.95. The molecule has 0 atom stereocenters. The van der Waals surface area contributed by atoms with Gasteiger partial charge in [-0.1, -0.05) is 37.4 Å². The van der Waals surface area contributed by atoms with E-state index in [1.807, 2.05) is 24.5 Å². The van der Waals surface area contributed by atoms with Gasteiger partial charge in [-0.25, -0.2) is 0 Å². The number of benzene rings is 1. The molecule has 0 N–H and O–H groups in total. The fraction of sp³-hybridized carbons (Fsp3) is 0.150. The van der Waals surface area contributed by atoms with Crippen LogP contribution >= 0.6 is 0 Å². The van der Waals surface area contributed by atoms with E-state index in [9.17, 15) is 0 Å². The number of hydrogen-bond donors (Lipinski definition) is 0. The minimum atomic E-state index is 0.926. The number of hydrogen-bond acceptors (Lipinski definition) is 1. The molecule has 1 aliphatic rings. The minimum Gasteiger partial charge on any atom is -0.265 e. The molecule has 1 aromatic carbocycles. The summed E-state index contributed by atoms with van der Waals surface area (Å²) in [6, 6.07) is 10.7. The lowest BCUT2D eigenvalue weighted by molar-refractivity contribution is 1.09. The molecule has 0 radical (unpaired) electrons. The topological polar surface area (TPSA) is 12.9 Å². The molecule has 0 amide bonds. The van der Waals surface area contributed by atoms with Crippen molar-refractivity contribution >= 4 is 17.2 Å². The Bertz CT molecular complexity index is 708. The quantitative estimate of drug-likeness (QED) is 0.733. The fourth-order valence-electron chi connectivity index (χ4n) is 2.65. The van der Waals surface area contributed by atoms with E-state index in [0.717, 1.165) is 30.4 Å². The van der Waals surface area contributed by atoms with Crippen molar-refractivity contribution in [2.24, 2.45) is 0 Å². The van der Waals surface area contributed by atoms with Gasteiger partial charge in [0.05, 0.1) is 0 Å². The van der Waals surface area contributed by atoms with E-state index in [0.29, 0.717) is 0 Å². The summed E-state index contributed by atoms with van der Waals surface area (Å²) < 4.78 is 0. The summed E-state index contributed by atoms with van der Waals surface area (Å²) in [5.74, 6) is 0. The van der Waals surface area contributed by atoms with Gasteiger partial charge >= 0.3 is 0 Å². The van der Waals surface area contributed by atoms with E-state index in [1.165, 1.54) is 22.3 Å². The Morgan fingerprint density at radius 1 is 0.952 bits per heavy atom. The first-order valence-corrected chi connectivity index (χ1v) is 7.30. The third-order valence-electron chi connectivity index (χ3n) is 4.01. The second kappa shape index (κ2) is 5.92. The Kier molecular flexibility index (Phi) is 3.83. The number of aromatic nitrogens is 1. The molecule has 1 aromatic heterocycles. The van der Waals surface area contributed by atoms with Crippen molar-refractivity contribution in [3.63, 3.8) is 0 Å². The van der Waals surface area contributed by atoms with Crippen LogP contribution < -0.4 is 0 Å². The monoisotopic (exact) mass is 273 g/mol. The van der Waals surface area contributed by atoms with Gasteiger partial charge in [-0.2, -0.15) is 0 Å². The van der Waals surface area contributed by atoms with E-state index >= 15 is 0 Å². The van der Waals surface area contributed by atoms with Crippen molar-refractivity contribution in [2.45, 2.75) is 19.3 Å². The third kappa shape index (κ3) is 3.03. The van der Waals surface area contributed by atoms with E-state index in [-0.39, 0.29) is 0 Å². The lowest BCUT2D eigenvalue weighted by Crippen LogP contribution is -1.89. The smallest absolute Gasteiger partial charge is 0.0273 e. The molecule has 2 aromatic rings. The fourth-order valence-corrected chi connectivity index (χ4v) is 2.65. The van der Waals surface area contributed by atoms with Crippen LogP contribution in [0.5, 0.6) is 0 Å². The number of rotatable bonds is 5. The molecular weight excluding hydrogens is 254 g/mol. The molecular formula is C20H19N. The number of pyridine rings is 1. The average molecular weight is 273 g/mol. The molecule has 1 aliphatic carbocycles. The van der Waals surface area contributed by atoms with Gasteiger partial charge < -0.3 is 0 Å². The van der Waals surface area contributed by atoms with Crippen LogP contribution in [0.1, 0.15) is 35.1 Å². The molecule has 21 heavy (non-hydrogen) atoms. The maximum atomic E-state index is 4.24. The standard InChI is InChI=1S/C20H19N/c1-15(17-10-12-21-13-11-17)6-7-16(2)19-9-8-18-4-3-5-20(18)14-19/h3,5,8-14H,1-2,4,6-7H2. The molecule has 0 unspecified atom stereocenters. The van der Waals surface area contributed by atoms with E-state index < -0.39 is 0 Å². The van der Waals surface area contributed by atoms with Crippen LogP contribution in [0.25, 0.3) is 17.2 Å². The Morgan fingerprint density at radius 2 is 1.67 bits per heavy atom. The van der Waals surface area contributed by atoms with Gasteiger partial charge in [-0.15, -0.1) is 0 Å². The zero-order chi connectivity index (χ0) is 14.7. The molecule has 1 nitrogen and oxygen atoms in total. The second-order valence-corrected chi connectivity index (χ2v) is 5.46. The summed E-state index contributed by atoms with van der Waals surface area (Å²) in [5.41, 5.74) is 7.46. The molecule has 104 valence electrons. The van der Waals surface area contributed by atoms with Crippen molar-refractivity contribution in [1.82, 2.24) is 4.98 Å². The SMILES string of the molecule is C=C(CCC(=C)c1ccc2c(c1)C=CC2)c1ccncc1. The molecule has 0 saturated carbocycles. The highest BCUT2D eigenvalue weighted by Crippen LogP contribution is 2.28. The minimum absolute atomic E-state index is 0.926. The number of nitrogens with zero attached hydrogens (tertiary/aromatic N) is 1. The van der Waals surface area contributed by atoms with Gasteiger partial charge in [-0.05, 0) is 70.9 Å². The van der Waals surface area contributed by atoms with Gasteiger partial charge in [0.2, 0.25) is 0 Å². The van der Waals surface area contributed by atoms with E-state index in [2.05, 4.69) is 48.5 Å². The average Bonchev–Trinajstić information content (AvgIpc) is 3.00. The predicted molar refractivity (Wildman–Crippen MR) is 90.7 cm³/mol. The summed E-state index contributed by atoms with van der Waals surface area (Å²) >= 11 is 0. The van der Waals surface area contributed by atoms with Crippen LogP contribution in [-0.2, 0) is 6.42 Å². The third-order valence-corrected chi connectivity index (χ3v) is 4.01. The summed E-state index contributed by atoms with van der Waals surface area (Å²) in [7, 11) is 0. The number of allylic oxidation sites excluding steroid dienone is 3. The first kappa shape index (κ1) is 13.6.